The number of nitrogens with one attached hydrogen (secondary N) is 1. The van der Waals surface area contributed by atoms with E-state index in [4.69, 9.17) is 0 Å². The summed E-state index contributed by atoms with van der Waals surface area (Å²) in [5.74, 6) is 0.996. The Bertz CT molecular complexity index is 350. The van der Waals surface area contributed by atoms with Gasteiger partial charge in [-0.05, 0) is 6.92 Å². The third-order valence-corrected chi connectivity index (χ3v) is 3.06. The zero-order chi connectivity index (χ0) is 9.97. The molecule has 1 aromatic rings. The van der Waals surface area contributed by atoms with Gasteiger partial charge in [0.15, 0.2) is 5.96 Å². The van der Waals surface area contributed by atoms with Gasteiger partial charge in [-0.2, -0.15) is 0 Å². The average molecular weight is 338 g/mol. The van der Waals surface area contributed by atoms with Crippen molar-refractivity contribution in [3.05, 3.63) is 16.1 Å². The van der Waals surface area contributed by atoms with E-state index in [1.165, 1.54) is 4.88 Å². The van der Waals surface area contributed by atoms with Crippen molar-refractivity contribution in [2.24, 2.45) is 4.99 Å². The molecular weight excluding hydrogens is 323 g/mol. The van der Waals surface area contributed by atoms with Gasteiger partial charge in [0.2, 0.25) is 0 Å². The van der Waals surface area contributed by atoms with Crippen molar-refractivity contribution in [2.75, 3.05) is 20.1 Å². The van der Waals surface area contributed by atoms with Crippen molar-refractivity contribution < 1.29 is 0 Å². The fourth-order valence-electron chi connectivity index (χ4n) is 1.38. The van der Waals surface area contributed by atoms with Crippen LogP contribution in [0, 0.1) is 6.92 Å². The number of aliphatic imine (C=N–C) groups is 1. The first kappa shape index (κ1) is 12.7. The lowest BCUT2D eigenvalue weighted by atomic mass is 10.5. The first-order valence-electron chi connectivity index (χ1n) is 4.66. The van der Waals surface area contributed by atoms with Gasteiger partial charge in [0.25, 0.3) is 0 Å². The molecule has 6 heteroatoms. The Labute approximate surface area is 111 Å². The molecule has 2 heterocycles. The molecule has 84 valence electrons. The molecule has 0 aromatic carbocycles. The van der Waals surface area contributed by atoms with Gasteiger partial charge >= 0.3 is 0 Å². The fraction of sp³-hybridized carbons (Fsp3) is 0.556. The van der Waals surface area contributed by atoms with E-state index >= 15 is 0 Å². The smallest absolute Gasteiger partial charge is 0.194 e. The summed E-state index contributed by atoms with van der Waals surface area (Å²) in [5.41, 5.74) is 0. The molecule has 1 aromatic heterocycles. The van der Waals surface area contributed by atoms with Gasteiger partial charge in [-0.3, -0.25) is 4.99 Å². The quantitative estimate of drug-likeness (QED) is 0.830. The highest BCUT2D eigenvalue weighted by Gasteiger charge is 2.11. The minimum atomic E-state index is 0. The van der Waals surface area contributed by atoms with Crippen molar-refractivity contribution in [2.45, 2.75) is 13.5 Å². The summed E-state index contributed by atoms with van der Waals surface area (Å²) >= 11 is 1.73. The highest BCUT2D eigenvalue weighted by atomic mass is 127. The highest BCUT2D eigenvalue weighted by molar-refractivity contribution is 14.0. The minimum Gasteiger partial charge on any atom is -0.351 e. The summed E-state index contributed by atoms with van der Waals surface area (Å²) in [4.78, 5) is 11.9. The molecule has 0 aliphatic carbocycles. The van der Waals surface area contributed by atoms with Crippen molar-refractivity contribution >= 4 is 41.3 Å². The van der Waals surface area contributed by atoms with Crippen LogP contribution in [0.5, 0.6) is 0 Å². The second-order valence-corrected chi connectivity index (χ2v) is 4.65. The van der Waals surface area contributed by atoms with Gasteiger partial charge in [-0.25, -0.2) is 4.98 Å². The third-order valence-electron chi connectivity index (χ3n) is 2.15. The standard InChI is InChI=1S/C9H14N4S.HI/c1-7-11-5-8(14-7)6-12-9-10-3-4-13(9)2;/h5H,3-4,6H2,1-2H3,(H,10,12);1H. The van der Waals surface area contributed by atoms with Crippen LogP contribution in [0.25, 0.3) is 0 Å². The summed E-state index contributed by atoms with van der Waals surface area (Å²) in [6, 6.07) is 0. The molecule has 0 saturated carbocycles. The van der Waals surface area contributed by atoms with Crippen molar-refractivity contribution in [3.8, 4) is 0 Å². The number of hydrogen-bond donors (Lipinski definition) is 1. The number of aromatic nitrogens is 1. The average Bonchev–Trinajstić information content (AvgIpc) is 2.72. The number of guanidine groups is 1. The van der Waals surface area contributed by atoms with Crippen molar-refractivity contribution in [3.63, 3.8) is 0 Å². The normalized spacial score (nSPS) is 14.8. The van der Waals surface area contributed by atoms with E-state index in [0.29, 0.717) is 0 Å². The molecule has 0 saturated heterocycles. The third kappa shape index (κ3) is 3.30. The molecule has 1 aliphatic heterocycles. The fourth-order valence-corrected chi connectivity index (χ4v) is 2.11. The van der Waals surface area contributed by atoms with E-state index in [9.17, 15) is 0 Å². The van der Waals surface area contributed by atoms with Crippen LogP contribution < -0.4 is 5.32 Å². The van der Waals surface area contributed by atoms with Crippen LogP contribution in [0.2, 0.25) is 0 Å². The van der Waals surface area contributed by atoms with Gasteiger partial charge in [0, 0.05) is 24.7 Å². The molecule has 0 bridgehead atoms. The van der Waals surface area contributed by atoms with Crippen LogP contribution >= 0.6 is 35.3 Å². The molecule has 2 rings (SSSR count). The molecule has 0 radical (unpaired) electrons. The summed E-state index contributed by atoms with van der Waals surface area (Å²) in [5, 5.41) is 4.42. The predicted molar refractivity (Wildman–Crippen MR) is 74.0 cm³/mol. The Hall–Kier alpha value is -0.370. The Morgan fingerprint density at radius 1 is 1.60 bits per heavy atom. The topological polar surface area (TPSA) is 40.5 Å². The zero-order valence-corrected chi connectivity index (χ0v) is 12.0. The minimum absolute atomic E-state index is 0. The summed E-state index contributed by atoms with van der Waals surface area (Å²) in [6.07, 6.45) is 1.92. The van der Waals surface area contributed by atoms with Gasteiger partial charge in [0.1, 0.15) is 0 Å². The van der Waals surface area contributed by atoms with Crippen LogP contribution in [0.1, 0.15) is 9.88 Å². The maximum atomic E-state index is 4.35. The Balaban J connectivity index is 0.00000112. The van der Waals surface area contributed by atoms with E-state index in [1.54, 1.807) is 11.3 Å². The second kappa shape index (κ2) is 5.64. The Morgan fingerprint density at radius 3 is 2.93 bits per heavy atom. The molecule has 1 aliphatic rings. The van der Waals surface area contributed by atoms with E-state index in [0.717, 1.165) is 30.6 Å². The van der Waals surface area contributed by atoms with Gasteiger partial charge < -0.3 is 10.2 Å². The van der Waals surface area contributed by atoms with Crippen LogP contribution in [-0.2, 0) is 6.54 Å². The predicted octanol–water partition coefficient (Wildman–Crippen LogP) is 1.46. The van der Waals surface area contributed by atoms with Crippen LogP contribution in [0.15, 0.2) is 11.2 Å². The van der Waals surface area contributed by atoms with E-state index in [2.05, 4.69) is 27.2 Å². The summed E-state index contributed by atoms with van der Waals surface area (Å²) < 4.78 is 0. The molecule has 4 nitrogen and oxygen atoms in total. The number of hydrogen-bond acceptors (Lipinski definition) is 5. The maximum Gasteiger partial charge on any atom is 0.194 e. The van der Waals surface area contributed by atoms with E-state index in [1.807, 2.05) is 13.1 Å². The molecule has 0 atom stereocenters. The van der Waals surface area contributed by atoms with Crippen LogP contribution in [0.4, 0.5) is 0 Å². The molecule has 1 N–H and O–H groups in total. The van der Waals surface area contributed by atoms with Gasteiger partial charge in [0.05, 0.1) is 18.1 Å². The highest BCUT2D eigenvalue weighted by Crippen LogP contribution is 2.11. The molecule has 0 spiro atoms. The van der Waals surface area contributed by atoms with Gasteiger partial charge in [-0.15, -0.1) is 35.3 Å². The molecule has 0 unspecified atom stereocenters. The number of halogens is 1. The lowest BCUT2D eigenvalue weighted by molar-refractivity contribution is 0.534. The van der Waals surface area contributed by atoms with E-state index < -0.39 is 0 Å². The SMILES string of the molecule is Cc1ncc(CNC2=NCCN2C)s1.I. The van der Waals surface area contributed by atoms with Crippen molar-refractivity contribution in [1.29, 1.82) is 0 Å². The first-order valence-corrected chi connectivity index (χ1v) is 5.48. The first-order chi connectivity index (χ1) is 6.75. The van der Waals surface area contributed by atoms with Crippen LogP contribution in [-0.4, -0.2) is 36.0 Å². The number of nitrogens with zero attached hydrogens (tertiary/aromatic N) is 3. The zero-order valence-electron chi connectivity index (χ0n) is 8.86. The molecular formula is C9H15IN4S. The van der Waals surface area contributed by atoms with E-state index in [-0.39, 0.29) is 24.0 Å². The molecule has 0 fully saturated rings. The van der Waals surface area contributed by atoms with Gasteiger partial charge in [-0.1, -0.05) is 0 Å². The largest absolute Gasteiger partial charge is 0.351 e. The van der Waals surface area contributed by atoms with Crippen LogP contribution in [0.3, 0.4) is 0 Å². The number of likely N-dealkylation sites (N-methyl/N-ethyl adjacent to an activating group) is 1. The van der Waals surface area contributed by atoms with Crippen molar-refractivity contribution in [1.82, 2.24) is 15.2 Å². The Morgan fingerprint density at radius 2 is 2.40 bits per heavy atom. The number of thiazole rings is 1. The monoisotopic (exact) mass is 338 g/mol. The lowest BCUT2D eigenvalue weighted by Gasteiger charge is -2.14. The number of aryl methyl sites for hydroxylation is 1. The Kier molecular flexibility index (Phi) is 4.78. The number of rotatable bonds is 2. The molecule has 0 amide bonds. The lowest BCUT2D eigenvalue weighted by Crippen LogP contribution is -2.34. The summed E-state index contributed by atoms with van der Waals surface area (Å²) in [7, 11) is 2.05. The second-order valence-electron chi connectivity index (χ2n) is 3.33. The maximum absolute atomic E-state index is 4.35. The molecule has 15 heavy (non-hydrogen) atoms. The summed E-state index contributed by atoms with van der Waals surface area (Å²) in [6.45, 7) is 4.77.